The SMILES string of the molecule is CC(C)NC(=O)C(CO)Oc1ccccc1. The van der Waals surface area contributed by atoms with Gasteiger partial charge in [-0.3, -0.25) is 4.79 Å². The van der Waals surface area contributed by atoms with Crippen LogP contribution in [0.1, 0.15) is 13.8 Å². The van der Waals surface area contributed by atoms with Gasteiger partial charge in [0.2, 0.25) is 0 Å². The van der Waals surface area contributed by atoms with Gasteiger partial charge in [-0.05, 0) is 26.0 Å². The molecule has 0 bridgehead atoms. The number of amides is 1. The third-order valence-corrected chi connectivity index (χ3v) is 1.91. The zero-order valence-corrected chi connectivity index (χ0v) is 9.51. The molecular formula is C12H17NO3. The van der Waals surface area contributed by atoms with Crippen molar-refractivity contribution in [2.24, 2.45) is 0 Å². The Labute approximate surface area is 95.2 Å². The van der Waals surface area contributed by atoms with E-state index in [9.17, 15) is 4.79 Å². The van der Waals surface area contributed by atoms with Crippen LogP contribution in [0.4, 0.5) is 0 Å². The van der Waals surface area contributed by atoms with Crippen molar-refractivity contribution >= 4 is 5.91 Å². The first-order valence-corrected chi connectivity index (χ1v) is 5.26. The minimum Gasteiger partial charge on any atom is -0.478 e. The Balaban J connectivity index is 2.58. The Bertz CT molecular complexity index is 324. The Morgan fingerprint density at radius 3 is 2.50 bits per heavy atom. The third-order valence-electron chi connectivity index (χ3n) is 1.91. The molecule has 1 atom stereocenters. The fourth-order valence-corrected chi connectivity index (χ4v) is 1.21. The molecule has 0 spiro atoms. The largest absolute Gasteiger partial charge is 0.478 e. The molecule has 0 aromatic heterocycles. The third kappa shape index (κ3) is 3.90. The van der Waals surface area contributed by atoms with E-state index in [1.165, 1.54) is 0 Å². The first-order chi connectivity index (χ1) is 7.63. The van der Waals surface area contributed by atoms with Crippen molar-refractivity contribution in [2.45, 2.75) is 26.0 Å². The van der Waals surface area contributed by atoms with E-state index in [-0.39, 0.29) is 18.6 Å². The first-order valence-electron chi connectivity index (χ1n) is 5.26. The molecule has 1 unspecified atom stereocenters. The summed E-state index contributed by atoms with van der Waals surface area (Å²) in [4.78, 5) is 11.6. The summed E-state index contributed by atoms with van der Waals surface area (Å²) in [6.45, 7) is 3.37. The van der Waals surface area contributed by atoms with Crippen LogP contribution in [0.3, 0.4) is 0 Å². The van der Waals surface area contributed by atoms with Crippen molar-refractivity contribution < 1.29 is 14.6 Å². The zero-order chi connectivity index (χ0) is 12.0. The maximum absolute atomic E-state index is 11.6. The molecule has 16 heavy (non-hydrogen) atoms. The van der Waals surface area contributed by atoms with Gasteiger partial charge < -0.3 is 15.2 Å². The lowest BCUT2D eigenvalue weighted by molar-refractivity contribution is -0.130. The summed E-state index contributed by atoms with van der Waals surface area (Å²) in [5.41, 5.74) is 0. The Morgan fingerprint density at radius 2 is 2.00 bits per heavy atom. The lowest BCUT2D eigenvalue weighted by Gasteiger charge is -2.18. The van der Waals surface area contributed by atoms with E-state index in [0.29, 0.717) is 5.75 Å². The van der Waals surface area contributed by atoms with E-state index in [2.05, 4.69) is 5.32 Å². The van der Waals surface area contributed by atoms with Gasteiger partial charge in [0.25, 0.3) is 5.91 Å². The number of hydrogen-bond donors (Lipinski definition) is 2. The summed E-state index contributed by atoms with van der Waals surface area (Å²) in [5, 5.41) is 11.8. The quantitative estimate of drug-likeness (QED) is 0.781. The summed E-state index contributed by atoms with van der Waals surface area (Å²) in [6, 6.07) is 8.99. The molecule has 88 valence electrons. The topological polar surface area (TPSA) is 58.6 Å². The van der Waals surface area contributed by atoms with Gasteiger partial charge in [-0.15, -0.1) is 0 Å². The summed E-state index contributed by atoms with van der Waals surface area (Å²) >= 11 is 0. The van der Waals surface area contributed by atoms with Gasteiger partial charge in [0.1, 0.15) is 5.75 Å². The number of para-hydroxylation sites is 1. The van der Waals surface area contributed by atoms with Gasteiger partial charge in [0, 0.05) is 6.04 Å². The van der Waals surface area contributed by atoms with Gasteiger partial charge >= 0.3 is 0 Å². The molecule has 0 aliphatic heterocycles. The Morgan fingerprint density at radius 1 is 1.38 bits per heavy atom. The molecule has 0 saturated heterocycles. The van der Waals surface area contributed by atoms with Gasteiger partial charge in [0.05, 0.1) is 6.61 Å². The van der Waals surface area contributed by atoms with Crippen molar-refractivity contribution in [1.82, 2.24) is 5.32 Å². The van der Waals surface area contributed by atoms with Crippen LogP contribution < -0.4 is 10.1 Å². The number of carbonyl (C=O) groups is 1. The highest BCUT2D eigenvalue weighted by atomic mass is 16.5. The predicted molar refractivity (Wildman–Crippen MR) is 61.2 cm³/mol. The average molecular weight is 223 g/mol. The molecule has 0 aliphatic rings. The second-order valence-corrected chi connectivity index (χ2v) is 3.77. The minimum absolute atomic E-state index is 0.0286. The molecule has 0 heterocycles. The van der Waals surface area contributed by atoms with Crippen LogP contribution in [-0.4, -0.2) is 29.8 Å². The molecule has 2 N–H and O–H groups in total. The number of carbonyl (C=O) groups excluding carboxylic acids is 1. The normalized spacial score (nSPS) is 12.2. The number of aliphatic hydroxyl groups excluding tert-OH is 1. The van der Waals surface area contributed by atoms with Crippen LogP contribution in [-0.2, 0) is 4.79 Å². The van der Waals surface area contributed by atoms with Crippen LogP contribution in [0.2, 0.25) is 0 Å². The van der Waals surface area contributed by atoms with Gasteiger partial charge in [-0.25, -0.2) is 0 Å². The van der Waals surface area contributed by atoms with E-state index in [1.807, 2.05) is 32.0 Å². The molecule has 1 aromatic rings. The lowest BCUT2D eigenvalue weighted by atomic mass is 10.3. The smallest absolute Gasteiger partial charge is 0.263 e. The maximum Gasteiger partial charge on any atom is 0.263 e. The molecule has 4 heteroatoms. The monoisotopic (exact) mass is 223 g/mol. The summed E-state index contributed by atoms with van der Waals surface area (Å²) in [5.74, 6) is 0.266. The first kappa shape index (κ1) is 12.5. The molecular weight excluding hydrogens is 206 g/mol. The van der Waals surface area contributed by atoms with E-state index < -0.39 is 6.10 Å². The number of rotatable bonds is 5. The summed E-state index contributed by atoms with van der Waals surface area (Å²) < 4.78 is 5.36. The molecule has 1 aromatic carbocycles. The second kappa shape index (κ2) is 6.12. The highest BCUT2D eigenvalue weighted by Gasteiger charge is 2.19. The molecule has 0 aliphatic carbocycles. The van der Waals surface area contributed by atoms with Crippen LogP contribution in [0.15, 0.2) is 30.3 Å². The summed E-state index contributed by atoms with van der Waals surface area (Å²) in [6.07, 6.45) is -0.857. The fourth-order valence-electron chi connectivity index (χ4n) is 1.21. The number of nitrogens with one attached hydrogen (secondary N) is 1. The highest BCUT2D eigenvalue weighted by Crippen LogP contribution is 2.10. The van der Waals surface area contributed by atoms with Crippen molar-refractivity contribution in [3.63, 3.8) is 0 Å². The Kier molecular flexibility index (Phi) is 4.79. The molecule has 1 amide bonds. The van der Waals surface area contributed by atoms with Crippen molar-refractivity contribution in [3.8, 4) is 5.75 Å². The number of benzene rings is 1. The van der Waals surface area contributed by atoms with Crippen molar-refractivity contribution in [3.05, 3.63) is 30.3 Å². The van der Waals surface area contributed by atoms with Gasteiger partial charge in [-0.2, -0.15) is 0 Å². The molecule has 0 radical (unpaired) electrons. The van der Waals surface area contributed by atoms with Crippen molar-refractivity contribution in [1.29, 1.82) is 0 Å². The standard InChI is InChI=1S/C12H17NO3/c1-9(2)13-12(15)11(8-14)16-10-6-4-3-5-7-10/h3-7,9,11,14H,8H2,1-2H3,(H,13,15). The van der Waals surface area contributed by atoms with Crippen molar-refractivity contribution in [2.75, 3.05) is 6.61 Å². The fraction of sp³-hybridized carbons (Fsp3) is 0.417. The van der Waals surface area contributed by atoms with E-state index in [1.54, 1.807) is 12.1 Å². The zero-order valence-electron chi connectivity index (χ0n) is 9.51. The van der Waals surface area contributed by atoms with Crippen LogP contribution >= 0.6 is 0 Å². The number of ether oxygens (including phenoxy) is 1. The van der Waals surface area contributed by atoms with Gasteiger partial charge in [-0.1, -0.05) is 18.2 Å². The van der Waals surface area contributed by atoms with E-state index >= 15 is 0 Å². The van der Waals surface area contributed by atoms with E-state index in [4.69, 9.17) is 9.84 Å². The van der Waals surface area contributed by atoms with Crippen LogP contribution in [0, 0.1) is 0 Å². The van der Waals surface area contributed by atoms with E-state index in [0.717, 1.165) is 0 Å². The minimum atomic E-state index is -0.857. The molecule has 1 rings (SSSR count). The van der Waals surface area contributed by atoms with Crippen LogP contribution in [0.5, 0.6) is 5.75 Å². The lowest BCUT2D eigenvalue weighted by Crippen LogP contribution is -2.43. The molecule has 4 nitrogen and oxygen atoms in total. The average Bonchev–Trinajstić information content (AvgIpc) is 2.26. The molecule has 0 fully saturated rings. The predicted octanol–water partition coefficient (Wildman–Crippen LogP) is 0.951. The number of hydrogen-bond acceptors (Lipinski definition) is 3. The van der Waals surface area contributed by atoms with Crippen LogP contribution in [0.25, 0.3) is 0 Å². The Hall–Kier alpha value is -1.55. The molecule has 0 saturated carbocycles. The van der Waals surface area contributed by atoms with Gasteiger partial charge in [0.15, 0.2) is 6.10 Å². The number of aliphatic hydroxyl groups is 1. The highest BCUT2D eigenvalue weighted by molar-refractivity contribution is 5.81. The second-order valence-electron chi connectivity index (χ2n) is 3.77. The maximum atomic E-state index is 11.6. The summed E-state index contributed by atoms with van der Waals surface area (Å²) in [7, 11) is 0.